The van der Waals surface area contributed by atoms with E-state index in [0.29, 0.717) is 18.0 Å². The van der Waals surface area contributed by atoms with Gasteiger partial charge in [-0.15, -0.1) is 5.10 Å². The van der Waals surface area contributed by atoms with Crippen molar-refractivity contribution in [1.29, 1.82) is 0 Å². The molecule has 0 atom stereocenters. The molecule has 0 bridgehead atoms. The van der Waals surface area contributed by atoms with Crippen molar-refractivity contribution < 1.29 is 4.42 Å². The zero-order valence-corrected chi connectivity index (χ0v) is 10.0. The maximum atomic E-state index is 11.5. The Hall–Kier alpha value is -2.37. The van der Waals surface area contributed by atoms with Gasteiger partial charge in [-0.05, 0) is 12.5 Å². The van der Waals surface area contributed by atoms with Crippen molar-refractivity contribution in [3.63, 3.8) is 0 Å². The van der Waals surface area contributed by atoms with Gasteiger partial charge in [-0.25, -0.2) is 4.79 Å². The minimum atomic E-state index is -0.496. The van der Waals surface area contributed by atoms with E-state index in [1.807, 2.05) is 30.3 Å². The third kappa shape index (κ3) is 2.85. The molecule has 2 rings (SSSR count). The van der Waals surface area contributed by atoms with Crippen molar-refractivity contribution in [3.8, 4) is 0 Å². The molecule has 6 heteroatoms. The SMILES string of the molecule is C/C(Cn1nc(Cc2ccccc2)oc1=O)=N/N. The maximum absolute atomic E-state index is 11.5. The van der Waals surface area contributed by atoms with Crippen molar-refractivity contribution in [3.05, 3.63) is 52.3 Å². The lowest BCUT2D eigenvalue weighted by molar-refractivity contribution is 0.459. The molecule has 94 valence electrons. The Labute approximate surface area is 104 Å². The molecular formula is C12H14N4O2. The lowest BCUT2D eigenvalue weighted by Gasteiger charge is -1.96. The normalized spacial score (nSPS) is 11.7. The summed E-state index contributed by atoms with van der Waals surface area (Å²) in [7, 11) is 0. The molecule has 1 heterocycles. The van der Waals surface area contributed by atoms with Crippen molar-refractivity contribution in [1.82, 2.24) is 9.78 Å². The van der Waals surface area contributed by atoms with Gasteiger partial charge in [0.05, 0.1) is 18.7 Å². The van der Waals surface area contributed by atoms with Gasteiger partial charge in [0.15, 0.2) is 0 Å². The van der Waals surface area contributed by atoms with Crippen LogP contribution in [0.5, 0.6) is 0 Å². The number of aromatic nitrogens is 2. The van der Waals surface area contributed by atoms with Crippen LogP contribution in [-0.4, -0.2) is 15.5 Å². The summed E-state index contributed by atoms with van der Waals surface area (Å²) < 4.78 is 6.28. The van der Waals surface area contributed by atoms with Crippen LogP contribution in [0.15, 0.2) is 44.6 Å². The standard InChI is InChI=1S/C12H14N4O2/c1-9(14-13)8-16-12(17)18-11(15-16)7-10-5-3-2-4-6-10/h2-6H,7-8,13H2,1H3/b14-9-. The fourth-order valence-corrected chi connectivity index (χ4v) is 1.55. The van der Waals surface area contributed by atoms with E-state index in [0.717, 1.165) is 5.56 Å². The summed E-state index contributed by atoms with van der Waals surface area (Å²) in [6.07, 6.45) is 0.488. The fourth-order valence-electron chi connectivity index (χ4n) is 1.55. The summed E-state index contributed by atoms with van der Waals surface area (Å²) in [6.45, 7) is 1.96. The second-order valence-electron chi connectivity index (χ2n) is 3.95. The summed E-state index contributed by atoms with van der Waals surface area (Å²) in [5, 5.41) is 7.59. The Bertz CT molecular complexity index is 598. The number of nitrogens with zero attached hydrogens (tertiary/aromatic N) is 3. The van der Waals surface area contributed by atoms with E-state index >= 15 is 0 Å². The summed E-state index contributed by atoms with van der Waals surface area (Å²) in [5.74, 6) is 5.00. The van der Waals surface area contributed by atoms with Crippen LogP contribution in [-0.2, 0) is 13.0 Å². The molecule has 0 aliphatic heterocycles. The topological polar surface area (TPSA) is 86.4 Å². The van der Waals surface area contributed by atoms with Crippen LogP contribution in [0.4, 0.5) is 0 Å². The van der Waals surface area contributed by atoms with E-state index in [1.165, 1.54) is 4.68 Å². The highest BCUT2D eigenvalue weighted by Crippen LogP contribution is 2.05. The number of benzene rings is 1. The van der Waals surface area contributed by atoms with Gasteiger partial charge in [-0.1, -0.05) is 30.3 Å². The van der Waals surface area contributed by atoms with Crippen molar-refractivity contribution in [2.75, 3.05) is 0 Å². The van der Waals surface area contributed by atoms with Crippen molar-refractivity contribution in [2.45, 2.75) is 19.9 Å². The number of rotatable bonds is 4. The number of hydrogen-bond donors (Lipinski definition) is 1. The largest absolute Gasteiger partial charge is 0.437 e. The Morgan fingerprint density at radius 2 is 2.17 bits per heavy atom. The first kappa shape index (κ1) is 12.1. The molecule has 0 fully saturated rings. The van der Waals surface area contributed by atoms with Crippen LogP contribution < -0.4 is 11.6 Å². The van der Waals surface area contributed by atoms with Crippen molar-refractivity contribution >= 4 is 5.71 Å². The van der Waals surface area contributed by atoms with Gasteiger partial charge in [-0.3, -0.25) is 0 Å². The minimum Gasteiger partial charge on any atom is -0.392 e. The average Bonchev–Trinajstić information content (AvgIpc) is 2.70. The second kappa shape index (κ2) is 5.31. The molecule has 1 aromatic heterocycles. The molecule has 0 saturated heterocycles. The first-order valence-corrected chi connectivity index (χ1v) is 5.53. The van der Waals surface area contributed by atoms with Crippen LogP contribution in [0.3, 0.4) is 0 Å². The first-order valence-electron chi connectivity index (χ1n) is 5.53. The lowest BCUT2D eigenvalue weighted by atomic mass is 10.2. The molecular weight excluding hydrogens is 232 g/mol. The molecule has 0 aliphatic carbocycles. The molecule has 0 unspecified atom stereocenters. The predicted molar refractivity (Wildman–Crippen MR) is 67.3 cm³/mol. The van der Waals surface area contributed by atoms with E-state index in [1.54, 1.807) is 6.92 Å². The summed E-state index contributed by atoms with van der Waals surface area (Å²) in [6, 6.07) is 9.68. The number of nitrogens with two attached hydrogens (primary N) is 1. The van der Waals surface area contributed by atoms with Gasteiger partial charge in [0, 0.05) is 0 Å². The van der Waals surface area contributed by atoms with Crippen LogP contribution in [0.2, 0.25) is 0 Å². The molecule has 0 aliphatic rings. The van der Waals surface area contributed by atoms with Gasteiger partial charge < -0.3 is 10.3 Å². The third-order valence-corrected chi connectivity index (χ3v) is 2.45. The highest BCUT2D eigenvalue weighted by atomic mass is 16.4. The molecule has 0 radical (unpaired) electrons. The first-order chi connectivity index (χ1) is 8.69. The molecule has 0 amide bonds. The number of hydrogen-bond acceptors (Lipinski definition) is 5. The zero-order chi connectivity index (χ0) is 13.0. The van der Waals surface area contributed by atoms with Gasteiger partial charge >= 0.3 is 5.76 Å². The Balaban J connectivity index is 2.17. The van der Waals surface area contributed by atoms with E-state index in [-0.39, 0.29) is 6.54 Å². The van der Waals surface area contributed by atoms with Gasteiger partial charge in [0.25, 0.3) is 0 Å². The van der Waals surface area contributed by atoms with E-state index in [9.17, 15) is 4.79 Å². The Kier molecular flexibility index (Phi) is 3.57. The van der Waals surface area contributed by atoms with Crippen LogP contribution in [0.1, 0.15) is 18.4 Å². The molecule has 0 saturated carbocycles. The van der Waals surface area contributed by atoms with E-state index in [4.69, 9.17) is 10.3 Å². The summed E-state index contributed by atoms with van der Waals surface area (Å²) >= 11 is 0. The monoisotopic (exact) mass is 246 g/mol. The average molecular weight is 246 g/mol. The van der Waals surface area contributed by atoms with Crippen LogP contribution in [0, 0.1) is 0 Å². The lowest BCUT2D eigenvalue weighted by Crippen LogP contribution is -2.20. The minimum absolute atomic E-state index is 0.244. The third-order valence-electron chi connectivity index (χ3n) is 2.45. The molecule has 2 N–H and O–H groups in total. The highest BCUT2D eigenvalue weighted by Gasteiger charge is 2.09. The van der Waals surface area contributed by atoms with E-state index in [2.05, 4.69) is 10.2 Å². The van der Waals surface area contributed by atoms with Crippen LogP contribution in [0.25, 0.3) is 0 Å². The highest BCUT2D eigenvalue weighted by molar-refractivity contribution is 5.81. The zero-order valence-electron chi connectivity index (χ0n) is 10.0. The quantitative estimate of drug-likeness (QED) is 0.490. The van der Waals surface area contributed by atoms with E-state index < -0.39 is 5.76 Å². The van der Waals surface area contributed by atoms with Gasteiger partial charge in [0.1, 0.15) is 0 Å². The summed E-state index contributed by atoms with van der Waals surface area (Å²) in [4.78, 5) is 11.5. The molecule has 0 spiro atoms. The molecule has 18 heavy (non-hydrogen) atoms. The van der Waals surface area contributed by atoms with Gasteiger partial charge in [-0.2, -0.15) is 9.78 Å². The molecule has 1 aromatic carbocycles. The fraction of sp³-hybridized carbons (Fsp3) is 0.250. The van der Waals surface area contributed by atoms with Gasteiger partial charge in [0.2, 0.25) is 5.89 Å². The molecule has 6 nitrogen and oxygen atoms in total. The predicted octanol–water partition coefficient (Wildman–Crippen LogP) is 0.762. The smallest absolute Gasteiger partial charge is 0.392 e. The second-order valence-corrected chi connectivity index (χ2v) is 3.95. The van der Waals surface area contributed by atoms with Crippen molar-refractivity contribution in [2.24, 2.45) is 10.9 Å². The van der Waals surface area contributed by atoms with Crippen LogP contribution >= 0.6 is 0 Å². The molecule has 2 aromatic rings. The maximum Gasteiger partial charge on any atom is 0.437 e. The Morgan fingerprint density at radius 1 is 1.44 bits per heavy atom. The number of hydrazone groups is 1. The summed E-state index contributed by atoms with van der Waals surface area (Å²) in [5.41, 5.74) is 1.65. The Morgan fingerprint density at radius 3 is 2.83 bits per heavy atom.